The second-order valence-electron chi connectivity index (χ2n) is 13.7. The van der Waals surface area contributed by atoms with Gasteiger partial charge in [-0.05, 0) is 74.4 Å². The van der Waals surface area contributed by atoms with Crippen molar-refractivity contribution >= 4 is 21.7 Å². The van der Waals surface area contributed by atoms with Gasteiger partial charge in [0.05, 0.1) is 10.3 Å². The molecule has 8 heteroatoms. The predicted molar refractivity (Wildman–Crippen MR) is 168 cm³/mol. The summed E-state index contributed by atoms with van der Waals surface area (Å²) >= 11 is 0. The molecule has 2 atom stereocenters. The van der Waals surface area contributed by atoms with Crippen molar-refractivity contribution in [1.82, 2.24) is 14.7 Å². The average molecular weight is 606 g/mol. The smallest absolute Gasteiger partial charge is 0.229 e. The van der Waals surface area contributed by atoms with Crippen LogP contribution in [0.2, 0.25) is 0 Å². The molecule has 3 aliphatic heterocycles. The second-order valence-corrected chi connectivity index (χ2v) is 15.7. The molecule has 232 valence electrons. The molecule has 3 saturated heterocycles. The quantitative estimate of drug-likeness (QED) is 0.410. The summed E-state index contributed by atoms with van der Waals surface area (Å²) in [5, 5.41) is 0. The lowest BCUT2D eigenvalue weighted by atomic mass is 9.76. The van der Waals surface area contributed by atoms with Crippen molar-refractivity contribution in [1.29, 1.82) is 0 Å². The number of nitrogens with zero attached hydrogens (tertiary/aromatic N) is 3. The van der Waals surface area contributed by atoms with Gasteiger partial charge >= 0.3 is 0 Å². The van der Waals surface area contributed by atoms with Crippen LogP contribution in [0.25, 0.3) is 0 Å². The molecule has 1 saturated carbocycles. The Balaban J connectivity index is 1.07. The minimum atomic E-state index is -3.23. The topological polar surface area (TPSA) is 78.0 Å². The molecule has 2 aromatic carbocycles. The van der Waals surface area contributed by atoms with Gasteiger partial charge < -0.3 is 14.7 Å². The Morgan fingerprint density at radius 3 is 2.16 bits per heavy atom. The van der Waals surface area contributed by atoms with Gasteiger partial charge in [-0.3, -0.25) is 9.59 Å². The maximum absolute atomic E-state index is 13.7. The Morgan fingerprint density at radius 2 is 1.51 bits per heavy atom. The Kier molecular flexibility index (Phi) is 8.97. The number of sulfone groups is 1. The number of hydrogen-bond donors (Lipinski definition) is 0. The van der Waals surface area contributed by atoms with Crippen LogP contribution in [0.5, 0.6) is 0 Å². The molecule has 3 heterocycles. The molecule has 0 aromatic heterocycles. The van der Waals surface area contributed by atoms with Crippen molar-refractivity contribution in [3.05, 3.63) is 65.7 Å². The molecule has 0 radical (unpaired) electrons. The first-order chi connectivity index (χ1) is 20.7. The van der Waals surface area contributed by atoms with Crippen molar-refractivity contribution in [3.63, 3.8) is 0 Å². The zero-order valence-electron chi connectivity index (χ0n) is 25.6. The highest BCUT2D eigenvalue weighted by atomic mass is 32.2. The summed E-state index contributed by atoms with van der Waals surface area (Å²) in [4.78, 5) is 34.3. The zero-order valence-corrected chi connectivity index (χ0v) is 26.4. The third-order valence-electron chi connectivity index (χ3n) is 10.8. The first-order valence-corrected chi connectivity index (χ1v) is 18.3. The fraction of sp³-hybridized carbons (Fsp3) is 0.600. The summed E-state index contributed by atoms with van der Waals surface area (Å²) in [6, 6.07) is 17.7. The highest BCUT2D eigenvalue weighted by molar-refractivity contribution is 7.90. The molecule has 4 aliphatic rings. The molecular weight excluding hydrogens is 558 g/mol. The van der Waals surface area contributed by atoms with Crippen LogP contribution >= 0.6 is 0 Å². The van der Waals surface area contributed by atoms with E-state index in [1.54, 1.807) is 12.1 Å². The summed E-state index contributed by atoms with van der Waals surface area (Å²) in [5.74, 6) is 1.58. The van der Waals surface area contributed by atoms with Gasteiger partial charge in [-0.15, -0.1) is 0 Å². The van der Waals surface area contributed by atoms with Gasteiger partial charge in [0, 0.05) is 50.8 Å². The lowest BCUT2D eigenvalue weighted by molar-refractivity contribution is -0.139. The molecule has 0 bridgehead atoms. The number of hydrogen-bond acceptors (Lipinski definition) is 5. The predicted octanol–water partition coefficient (Wildman–Crippen LogP) is 5.12. The number of rotatable bonds is 7. The van der Waals surface area contributed by atoms with Crippen LogP contribution in [0.3, 0.4) is 0 Å². The molecule has 2 aromatic rings. The molecule has 0 N–H and O–H groups in total. The lowest BCUT2D eigenvalue weighted by Gasteiger charge is -2.39. The largest absolute Gasteiger partial charge is 0.341 e. The number of benzene rings is 2. The lowest BCUT2D eigenvalue weighted by Crippen LogP contribution is -2.46. The van der Waals surface area contributed by atoms with E-state index in [9.17, 15) is 18.0 Å². The molecule has 7 nitrogen and oxygen atoms in total. The maximum Gasteiger partial charge on any atom is 0.229 e. The Morgan fingerprint density at radius 1 is 0.860 bits per heavy atom. The van der Waals surface area contributed by atoms with E-state index in [-0.39, 0.29) is 17.2 Å². The third-order valence-corrected chi connectivity index (χ3v) is 11.9. The first-order valence-electron chi connectivity index (χ1n) is 16.4. The van der Waals surface area contributed by atoms with Crippen LogP contribution in [-0.2, 0) is 26.0 Å². The molecule has 6 rings (SSSR count). The number of likely N-dealkylation sites (tertiary alicyclic amines) is 3. The fourth-order valence-corrected chi connectivity index (χ4v) is 8.79. The van der Waals surface area contributed by atoms with Crippen molar-refractivity contribution in [2.75, 3.05) is 45.5 Å². The van der Waals surface area contributed by atoms with E-state index in [4.69, 9.17) is 0 Å². The first kappa shape index (κ1) is 30.3. The molecule has 2 unspecified atom stereocenters. The van der Waals surface area contributed by atoms with Gasteiger partial charge in [-0.2, -0.15) is 0 Å². The maximum atomic E-state index is 13.7. The fourth-order valence-electron chi connectivity index (χ4n) is 8.16. The van der Waals surface area contributed by atoms with Crippen molar-refractivity contribution in [3.8, 4) is 0 Å². The summed E-state index contributed by atoms with van der Waals surface area (Å²) in [5.41, 5.74) is 2.02. The van der Waals surface area contributed by atoms with Crippen molar-refractivity contribution in [2.24, 2.45) is 17.3 Å². The Hall–Kier alpha value is -2.71. The van der Waals surface area contributed by atoms with Crippen molar-refractivity contribution < 1.29 is 18.0 Å². The van der Waals surface area contributed by atoms with Crippen LogP contribution in [0.4, 0.5) is 0 Å². The van der Waals surface area contributed by atoms with Gasteiger partial charge in [0.25, 0.3) is 0 Å². The van der Waals surface area contributed by atoms with E-state index in [2.05, 4.69) is 40.1 Å². The molecule has 43 heavy (non-hydrogen) atoms. The second kappa shape index (κ2) is 12.7. The molecule has 1 aliphatic carbocycles. The summed E-state index contributed by atoms with van der Waals surface area (Å²) < 4.78 is 23.6. The van der Waals surface area contributed by atoms with E-state index >= 15 is 0 Å². The minimum Gasteiger partial charge on any atom is -0.341 e. The van der Waals surface area contributed by atoms with Gasteiger partial charge in [-0.1, -0.05) is 68.1 Å². The highest BCUT2D eigenvalue weighted by Crippen LogP contribution is 2.43. The van der Waals surface area contributed by atoms with E-state index < -0.39 is 9.84 Å². The molecule has 4 fully saturated rings. The Labute approximate surface area is 257 Å². The van der Waals surface area contributed by atoms with Crippen LogP contribution < -0.4 is 0 Å². The van der Waals surface area contributed by atoms with Crippen LogP contribution in [-0.4, -0.2) is 80.5 Å². The zero-order chi connectivity index (χ0) is 30.0. The summed E-state index contributed by atoms with van der Waals surface area (Å²) in [7, 11) is -3.23. The average Bonchev–Trinajstić information content (AvgIpc) is 3.42. The van der Waals surface area contributed by atoms with Gasteiger partial charge in [0.2, 0.25) is 11.8 Å². The number of piperidine rings is 1. The number of amides is 2. The normalized spacial score (nSPS) is 25.4. The van der Waals surface area contributed by atoms with E-state index in [1.165, 1.54) is 37.5 Å². The Bertz CT molecular complexity index is 1380. The van der Waals surface area contributed by atoms with Gasteiger partial charge in [0.15, 0.2) is 9.84 Å². The molecular formula is C35H47N3O4S. The van der Waals surface area contributed by atoms with Crippen LogP contribution in [0.15, 0.2) is 59.5 Å². The number of carbonyl (C=O) groups excluding carboxylic acids is 2. The minimum absolute atomic E-state index is 0.196. The highest BCUT2D eigenvalue weighted by Gasteiger charge is 2.48. The molecule has 2 amide bonds. The summed E-state index contributed by atoms with van der Waals surface area (Å²) in [6.45, 7) is 5.73. The third kappa shape index (κ3) is 6.70. The van der Waals surface area contributed by atoms with Crippen LogP contribution in [0, 0.1) is 17.3 Å². The van der Waals surface area contributed by atoms with Gasteiger partial charge in [-0.25, -0.2) is 8.42 Å². The SMILES string of the molecule is CS(=O)(=O)c1ccc(CN2CCC3(CCN(CC4CN(C(=O)C5CCCCCC5)CC4c4ccccc4)CC3)C2=O)cc1. The van der Waals surface area contributed by atoms with E-state index in [0.29, 0.717) is 29.2 Å². The number of carbonyl (C=O) groups is 2. The molecule has 1 spiro atoms. The standard InChI is InChI=1S/C35H47N3O4S/c1-43(41,42)31-15-13-27(14-16-31)23-37-22-19-35(34(37)40)17-20-36(21-18-35)24-30-25-38(26-32(30)28-9-7-4-8-10-28)33(39)29-11-5-2-3-6-12-29/h4,7-10,13-16,29-30,32H,2-3,5-6,11-12,17-26H2,1H3. The van der Waals surface area contributed by atoms with Crippen LogP contribution in [0.1, 0.15) is 74.8 Å². The van der Waals surface area contributed by atoms with Crippen molar-refractivity contribution in [2.45, 2.75) is 75.1 Å². The van der Waals surface area contributed by atoms with Gasteiger partial charge in [0.1, 0.15) is 0 Å². The monoisotopic (exact) mass is 605 g/mol. The van der Waals surface area contributed by atoms with E-state index in [1.807, 2.05) is 17.0 Å². The van der Waals surface area contributed by atoms with E-state index in [0.717, 1.165) is 76.9 Å². The summed E-state index contributed by atoms with van der Waals surface area (Å²) in [6.07, 6.45) is 10.8.